The Hall–Kier alpha value is -2.23. The Morgan fingerprint density at radius 2 is 2.38 bits per heavy atom. The predicted molar refractivity (Wildman–Crippen MR) is 92.8 cm³/mol. The zero-order chi connectivity index (χ0) is 16.9. The minimum Gasteiger partial charge on any atom is -0.396 e. The van der Waals surface area contributed by atoms with Gasteiger partial charge in [-0.3, -0.25) is 9.78 Å². The maximum absolute atomic E-state index is 12.2. The lowest BCUT2D eigenvalue weighted by molar-refractivity contribution is -0.116. The molecule has 24 heavy (non-hydrogen) atoms. The van der Waals surface area contributed by atoms with E-state index in [-0.39, 0.29) is 18.4 Å². The number of nitriles is 1. The number of nitrogens with one attached hydrogen (secondary N) is 1. The monoisotopic (exact) mass is 341 g/mol. The summed E-state index contributed by atoms with van der Waals surface area (Å²) in [5, 5.41) is 22.3. The number of amides is 1. The van der Waals surface area contributed by atoms with Gasteiger partial charge in [0.15, 0.2) is 0 Å². The summed E-state index contributed by atoms with van der Waals surface area (Å²) in [6.07, 6.45) is 5.10. The molecule has 0 spiro atoms. The molecule has 2 N–H and O–H groups in total. The van der Waals surface area contributed by atoms with Gasteiger partial charge in [-0.2, -0.15) is 5.26 Å². The molecule has 0 aromatic carbocycles. The van der Waals surface area contributed by atoms with Gasteiger partial charge in [0.1, 0.15) is 11.1 Å². The molecule has 0 fully saturated rings. The van der Waals surface area contributed by atoms with Crippen molar-refractivity contribution in [3.63, 3.8) is 0 Å². The van der Waals surface area contributed by atoms with Crippen LogP contribution in [0.15, 0.2) is 24.4 Å². The standard InChI is InChI=1S/C18H19N3O2S/c19-10-15-14-6-4-12(11-22)9-16(14)24-18(15)21-17(23)7-5-13-3-1-2-8-20-13/h1-3,8,12,22H,4-7,9,11H2,(H,21,23). The maximum Gasteiger partial charge on any atom is 0.225 e. The summed E-state index contributed by atoms with van der Waals surface area (Å²) in [6, 6.07) is 7.88. The first-order valence-corrected chi connectivity index (χ1v) is 8.88. The fraction of sp³-hybridized carbons (Fsp3) is 0.389. The number of hydrogen-bond acceptors (Lipinski definition) is 5. The number of nitrogens with zero attached hydrogens (tertiary/aromatic N) is 2. The van der Waals surface area contributed by atoms with Crippen molar-refractivity contribution in [2.45, 2.75) is 32.1 Å². The van der Waals surface area contributed by atoms with Crippen molar-refractivity contribution in [2.24, 2.45) is 5.92 Å². The van der Waals surface area contributed by atoms with Crippen molar-refractivity contribution in [3.05, 3.63) is 46.1 Å². The summed E-state index contributed by atoms with van der Waals surface area (Å²) in [4.78, 5) is 17.5. The highest BCUT2D eigenvalue weighted by molar-refractivity contribution is 7.16. The van der Waals surface area contributed by atoms with Crippen LogP contribution < -0.4 is 5.32 Å². The van der Waals surface area contributed by atoms with Crippen LogP contribution >= 0.6 is 11.3 Å². The summed E-state index contributed by atoms with van der Waals surface area (Å²) in [5.41, 5.74) is 2.52. The maximum atomic E-state index is 12.2. The van der Waals surface area contributed by atoms with Gasteiger partial charge in [-0.15, -0.1) is 11.3 Å². The lowest BCUT2D eigenvalue weighted by Crippen LogP contribution is -2.16. The molecular weight excluding hydrogens is 322 g/mol. The number of aryl methyl sites for hydroxylation is 1. The Bertz CT molecular complexity index is 765. The number of fused-ring (bicyclic) bond motifs is 1. The number of pyridine rings is 1. The molecule has 2 heterocycles. The van der Waals surface area contributed by atoms with E-state index in [4.69, 9.17) is 0 Å². The van der Waals surface area contributed by atoms with E-state index in [1.165, 1.54) is 11.3 Å². The van der Waals surface area contributed by atoms with Crippen molar-refractivity contribution in [1.29, 1.82) is 5.26 Å². The van der Waals surface area contributed by atoms with Crippen LogP contribution in [-0.2, 0) is 24.1 Å². The summed E-state index contributed by atoms with van der Waals surface area (Å²) in [5.74, 6) is 0.157. The summed E-state index contributed by atoms with van der Waals surface area (Å²) in [7, 11) is 0. The van der Waals surface area contributed by atoms with Crippen LogP contribution in [0.1, 0.15) is 34.5 Å². The fourth-order valence-electron chi connectivity index (χ4n) is 2.99. The van der Waals surface area contributed by atoms with Crippen LogP contribution in [0, 0.1) is 17.2 Å². The van der Waals surface area contributed by atoms with Gasteiger partial charge in [0.2, 0.25) is 5.91 Å². The van der Waals surface area contributed by atoms with Gasteiger partial charge in [-0.05, 0) is 49.3 Å². The lowest BCUT2D eigenvalue weighted by Gasteiger charge is -2.19. The molecule has 0 saturated heterocycles. The van der Waals surface area contributed by atoms with Gasteiger partial charge in [-0.1, -0.05) is 6.07 Å². The number of hydrogen-bond donors (Lipinski definition) is 2. The van der Waals surface area contributed by atoms with E-state index in [0.29, 0.717) is 23.4 Å². The van der Waals surface area contributed by atoms with Gasteiger partial charge in [-0.25, -0.2) is 0 Å². The SMILES string of the molecule is N#Cc1c(NC(=O)CCc2ccccn2)sc2c1CCC(CO)C2. The third kappa shape index (κ3) is 3.64. The number of carbonyl (C=O) groups is 1. The Morgan fingerprint density at radius 1 is 1.50 bits per heavy atom. The zero-order valence-electron chi connectivity index (χ0n) is 13.3. The molecule has 1 atom stereocenters. The van der Waals surface area contributed by atoms with Crippen molar-refractivity contribution in [3.8, 4) is 6.07 Å². The molecule has 2 aromatic rings. The van der Waals surface area contributed by atoms with Crippen molar-refractivity contribution >= 4 is 22.2 Å². The van der Waals surface area contributed by atoms with E-state index in [1.807, 2.05) is 18.2 Å². The van der Waals surface area contributed by atoms with E-state index in [1.54, 1.807) is 6.20 Å². The predicted octanol–water partition coefficient (Wildman–Crippen LogP) is 2.68. The minimum atomic E-state index is -0.102. The first-order chi connectivity index (χ1) is 11.7. The molecule has 124 valence electrons. The Morgan fingerprint density at radius 3 is 3.08 bits per heavy atom. The van der Waals surface area contributed by atoms with Crippen molar-refractivity contribution in [2.75, 3.05) is 11.9 Å². The largest absolute Gasteiger partial charge is 0.396 e. The lowest BCUT2D eigenvalue weighted by atomic mass is 9.88. The molecule has 1 aliphatic rings. The second-order valence-corrected chi connectivity index (χ2v) is 7.09. The van der Waals surface area contributed by atoms with Crippen LogP contribution in [0.25, 0.3) is 0 Å². The van der Waals surface area contributed by atoms with Crippen LogP contribution in [0.4, 0.5) is 5.00 Å². The summed E-state index contributed by atoms with van der Waals surface area (Å²) >= 11 is 1.47. The average molecular weight is 341 g/mol. The molecule has 1 aliphatic carbocycles. The first kappa shape index (κ1) is 16.6. The normalized spacial score (nSPS) is 16.2. The fourth-order valence-corrected chi connectivity index (χ4v) is 4.32. The summed E-state index contributed by atoms with van der Waals surface area (Å²) < 4.78 is 0. The number of carbonyl (C=O) groups excluding carboxylic acids is 1. The van der Waals surface area contributed by atoms with Crippen LogP contribution in [0.5, 0.6) is 0 Å². The molecular formula is C18H19N3O2S. The van der Waals surface area contributed by atoms with E-state index in [2.05, 4.69) is 16.4 Å². The quantitative estimate of drug-likeness (QED) is 0.875. The van der Waals surface area contributed by atoms with Crippen molar-refractivity contribution in [1.82, 2.24) is 4.98 Å². The van der Waals surface area contributed by atoms with Crippen LogP contribution in [0.3, 0.4) is 0 Å². The number of anilines is 1. The Labute approximate surface area is 145 Å². The number of aliphatic hydroxyl groups is 1. The van der Waals surface area contributed by atoms with Crippen LogP contribution in [0.2, 0.25) is 0 Å². The molecule has 2 aromatic heterocycles. The number of thiophene rings is 1. The smallest absolute Gasteiger partial charge is 0.225 e. The molecule has 1 unspecified atom stereocenters. The van der Waals surface area contributed by atoms with Gasteiger partial charge in [0.25, 0.3) is 0 Å². The minimum absolute atomic E-state index is 0.102. The van der Waals surface area contributed by atoms with E-state index in [9.17, 15) is 15.2 Å². The molecule has 1 amide bonds. The van der Waals surface area contributed by atoms with E-state index >= 15 is 0 Å². The zero-order valence-corrected chi connectivity index (χ0v) is 14.1. The number of aromatic nitrogens is 1. The van der Waals surface area contributed by atoms with Gasteiger partial charge in [0.05, 0.1) is 5.56 Å². The molecule has 6 heteroatoms. The van der Waals surface area contributed by atoms with Crippen molar-refractivity contribution < 1.29 is 9.90 Å². The molecule has 0 bridgehead atoms. The van der Waals surface area contributed by atoms with Gasteiger partial charge >= 0.3 is 0 Å². The third-order valence-electron chi connectivity index (χ3n) is 4.32. The van der Waals surface area contributed by atoms with Gasteiger partial charge < -0.3 is 10.4 Å². The Balaban J connectivity index is 1.68. The third-order valence-corrected chi connectivity index (χ3v) is 5.49. The van der Waals surface area contributed by atoms with Crippen LogP contribution in [-0.4, -0.2) is 22.6 Å². The second-order valence-electron chi connectivity index (χ2n) is 5.98. The number of aliphatic hydroxyl groups excluding tert-OH is 1. The average Bonchev–Trinajstić information content (AvgIpc) is 2.96. The molecule has 0 aliphatic heterocycles. The second kappa shape index (κ2) is 7.56. The van der Waals surface area contributed by atoms with E-state index < -0.39 is 0 Å². The van der Waals surface area contributed by atoms with E-state index in [0.717, 1.165) is 35.4 Å². The summed E-state index contributed by atoms with van der Waals surface area (Å²) in [6.45, 7) is 0.172. The molecule has 0 saturated carbocycles. The topological polar surface area (TPSA) is 86.0 Å². The highest BCUT2D eigenvalue weighted by Gasteiger charge is 2.26. The molecule has 3 rings (SSSR count). The molecule has 0 radical (unpaired) electrons. The highest BCUT2D eigenvalue weighted by Crippen LogP contribution is 2.39. The highest BCUT2D eigenvalue weighted by atomic mass is 32.1. The number of rotatable bonds is 5. The van der Waals surface area contributed by atoms with Gasteiger partial charge in [0, 0.05) is 29.8 Å². The first-order valence-electron chi connectivity index (χ1n) is 8.06. The molecule has 5 nitrogen and oxygen atoms in total. The Kier molecular flexibility index (Phi) is 5.24.